The van der Waals surface area contributed by atoms with Gasteiger partial charge in [0, 0.05) is 11.6 Å². The van der Waals surface area contributed by atoms with Gasteiger partial charge < -0.3 is 0 Å². The van der Waals surface area contributed by atoms with Gasteiger partial charge in [-0.1, -0.05) is 97.1 Å². The fourth-order valence-corrected chi connectivity index (χ4v) is 8.57. The highest BCUT2D eigenvalue weighted by molar-refractivity contribution is 7.20. The third kappa shape index (κ3) is 13.3. The van der Waals surface area contributed by atoms with Crippen LogP contribution >= 0.6 is 11.6 Å². The van der Waals surface area contributed by atoms with Crippen molar-refractivity contribution in [1.29, 1.82) is 0 Å². The second kappa shape index (κ2) is 20.5. The van der Waals surface area contributed by atoms with E-state index in [0.717, 1.165) is 10.8 Å². The minimum absolute atomic E-state index is 0.0489. The first kappa shape index (κ1) is 59.3. The van der Waals surface area contributed by atoms with Crippen molar-refractivity contribution in [3.05, 3.63) is 195 Å². The highest BCUT2D eigenvalue weighted by atomic mass is 35.5. The number of hydrogen-bond donors (Lipinski definition) is 0. The minimum Gasteiger partial charge on any atom is -0.287 e. The second-order valence-corrected chi connectivity index (χ2v) is 17.2. The Balaban J connectivity index is 0.000000397. The summed E-state index contributed by atoms with van der Waals surface area (Å²) in [5, 5.41) is 2.62. The van der Waals surface area contributed by atoms with Crippen molar-refractivity contribution in [2.75, 3.05) is 0 Å². The van der Waals surface area contributed by atoms with Crippen molar-refractivity contribution in [2.24, 2.45) is 0 Å². The lowest BCUT2D eigenvalue weighted by molar-refractivity contribution is -0.679. The van der Waals surface area contributed by atoms with Crippen LogP contribution in [0.25, 0.3) is 10.8 Å². The van der Waals surface area contributed by atoms with Crippen LogP contribution in [0.15, 0.2) is 140 Å². The van der Waals surface area contributed by atoms with Crippen LogP contribution in [0.2, 0.25) is 5.15 Å². The van der Waals surface area contributed by atoms with E-state index in [1.165, 1.54) is 0 Å². The fourth-order valence-electron chi connectivity index (χ4n) is 8.28. The lowest BCUT2D eigenvalue weighted by atomic mass is 9.12. The highest BCUT2D eigenvalue weighted by Gasteiger charge is 2.47. The van der Waals surface area contributed by atoms with Gasteiger partial charge in [-0.25, -0.2) is 0 Å². The van der Waals surface area contributed by atoms with Gasteiger partial charge in [0.25, 0.3) is 5.15 Å². The number of aromatic nitrogens is 1. The molecule has 2 nitrogen and oxygen atoms in total. The molecular formula is C49H25BClF24NO. The van der Waals surface area contributed by atoms with Crippen molar-refractivity contribution in [3.63, 3.8) is 0 Å². The largest absolute Gasteiger partial charge is 0.416 e. The molecule has 0 bridgehead atoms. The van der Waals surface area contributed by atoms with Gasteiger partial charge >= 0.3 is 49.4 Å². The van der Waals surface area contributed by atoms with Crippen LogP contribution in [-0.2, 0) is 56.0 Å². The molecule has 7 rings (SSSR count). The van der Waals surface area contributed by atoms with Gasteiger partial charge in [0.15, 0.2) is 6.20 Å². The lowest BCUT2D eigenvalue weighted by Crippen LogP contribution is -2.75. The van der Waals surface area contributed by atoms with Gasteiger partial charge in [0.2, 0.25) is 12.3 Å². The summed E-state index contributed by atoms with van der Waals surface area (Å²) < 4.78 is 343. The molecule has 0 saturated heterocycles. The number of nitrogens with zero attached hydrogens (tertiary/aromatic N) is 1. The van der Waals surface area contributed by atoms with Crippen LogP contribution in [-0.4, -0.2) is 11.9 Å². The summed E-state index contributed by atoms with van der Waals surface area (Å²) in [4.78, 5) is 12.2. The molecule has 0 atom stereocenters. The summed E-state index contributed by atoms with van der Waals surface area (Å²) in [6, 6.07) is 10.3. The number of pyridine rings is 1. The number of carbonyl (C=O) groups excluding carboxylic acids is 1. The molecule has 0 spiro atoms. The van der Waals surface area contributed by atoms with Crippen LogP contribution in [0.4, 0.5) is 105 Å². The molecule has 77 heavy (non-hydrogen) atoms. The molecule has 410 valence electrons. The first-order chi connectivity index (χ1) is 35.0. The minimum atomic E-state index is -6.13. The number of halogens is 25. The van der Waals surface area contributed by atoms with E-state index in [1.54, 1.807) is 4.57 Å². The van der Waals surface area contributed by atoms with Crippen molar-refractivity contribution < 1.29 is 115 Å². The summed E-state index contributed by atoms with van der Waals surface area (Å²) >= 11 is 6.38. The van der Waals surface area contributed by atoms with E-state index in [1.807, 2.05) is 66.9 Å². The van der Waals surface area contributed by atoms with Gasteiger partial charge in [0.1, 0.15) is 6.15 Å². The smallest absolute Gasteiger partial charge is 0.287 e. The number of alkyl halides is 24. The molecular weight excluding hydrogens is 1120 g/mol. The van der Waals surface area contributed by atoms with Crippen LogP contribution in [0, 0.1) is 0 Å². The average Bonchev–Trinajstić information content (AvgIpc) is 3.30. The van der Waals surface area contributed by atoms with Gasteiger partial charge in [-0.05, 0) is 47.3 Å². The molecule has 1 heterocycles. The Morgan fingerprint density at radius 1 is 0.364 bits per heavy atom. The van der Waals surface area contributed by atoms with Gasteiger partial charge in [-0.3, -0.25) is 4.79 Å². The summed E-state index contributed by atoms with van der Waals surface area (Å²) in [6.07, 6.45) is -53.0. The maximum Gasteiger partial charge on any atom is 0.416 e. The predicted molar refractivity (Wildman–Crippen MR) is 230 cm³/mol. The van der Waals surface area contributed by atoms with E-state index in [4.69, 9.17) is 11.6 Å². The zero-order valence-electron chi connectivity index (χ0n) is 37.4. The lowest BCUT2D eigenvalue weighted by Gasteiger charge is -2.46. The molecule has 28 heteroatoms. The Hall–Kier alpha value is -6.93. The Morgan fingerprint density at radius 3 is 0.896 bits per heavy atom. The van der Waals surface area contributed by atoms with Crippen LogP contribution in [0.1, 0.15) is 54.9 Å². The van der Waals surface area contributed by atoms with E-state index in [-0.39, 0.29) is 12.3 Å². The average molecular weight is 1150 g/mol. The van der Waals surface area contributed by atoms with Crippen LogP contribution in [0.5, 0.6) is 0 Å². The third-order valence-corrected chi connectivity index (χ3v) is 12.1. The van der Waals surface area contributed by atoms with Crippen LogP contribution < -0.4 is 26.4 Å². The van der Waals surface area contributed by atoms with E-state index in [9.17, 15) is 110 Å². The zero-order valence-corrected chi connectivity index (χ0v) is 38.1. The molecule has 0 saturated carbocycles. The fraction of sp³-hybridized carbons (Fsp3) is 0.184. The third-order valence-electron chi connectivity index (χ3n) is 11.7. The molecule has 0 radical (unpaired) electrons. The number of hydrogen-bond acceptors (Lipinski definition) is 1. The zero-order chi connectivity index (χ0) is 57.9. The van der Waals surface area contributed by atoms with Gasteiger partial charge in [0.05, 0.1) is 49.9 Å². The molecule has 0 aliphatic carbocycles. The van der Waals surface area contributed by atoms with Gasteiger partial charge in [-0.2, -0.15) is 132 Å². The molecule has 7 aromatic rings. The Bertz CT molecular complexity index is 2870. The monoisotopic (exact) mass is 1150 g/mol. The molecule has 0 fully saturated rings. The number of Topliss-reactive ketones (excluding diaryl/α,β-unsaturated/α-hetero) is 1. The maximum absolute atomic E-state index is 14.2. The topological polar surface area (TPSA) is 20.9 Å². The Morgan fingerprint density at radius 2 is 0.623 bits per heavy atom. The number of fused-ring (bicyclic) bond motifs is 1. The highest BCUT2D eigenvalue weighted by Crippen LogP contribution is 2.41. The van der Waals surface area contributed by atoms with E-state index >= 15 is 0 Å². The predicted octanol–water partition coefficient (Wildman–Crippen LogP) is 14.9. The van der Waals surface area contributed by atoms with E-state index in [2.05, 4.69) is 0 Å². The summed E-state index contributed by atoms with van der Waals surface area (Å²) in [7, 11) is 0. The number of ketones is 1. The molecule has 0 unspecified atom stereocenters. The molecule has 0 amide bonds. The number of benzene rings is 6. The molecule has 6 aromatic carbocycles. The summed E-state index contributed by atoms with van der Waals surface area (Å²) in [6.45, 7) is 0.244. The van der Waals surface area contributed by atoms with E-state index in [0.29, 0.717) is 10.7 Å². The molecule has 0 N–H and O–H groups in total. The number of rotatable bonds is 7. The van der Waals surface area contributed by atoms with E-state index < -0.39 is 195 Å². The first-order valence-electron chi connectivity index (χ1n) is 21.0. The normalized spacial score (nSPS) is 13.4. The van der Waals surface area contributed by atoms with Crippen molar-refractivity contribution in [1.82, 2.24) is 0 Å². The molecule has 0 aliphatic rings. The standard InChI is InChI=1S/C32H12BF24.C17H13ClNO/c34-25(35,36)13-1-14(26(37,38)39)6-21(5-13)33(22-7-15(27(40,41)42)2-16(8-22)28(43,44)45,23-9-17(29(46,47)48)3-18(10-23)30(49,50)51)24-11-19(31(52,53)54)4-20(12-24)32(55,56)57;18-17-15-9-5-4-6-13(15)10-11-19(17)12-16(20)14-7-2-1-3-8-14/h1-12H;1-11H,12H2/q-1;+1. The summed E-state index contributed by atoms with van der Waals surface area (Å²) in [5.41, 5.74) is -29.5. The quantitative estimate of drug-likeness (QED) is 0.0512. The molecule has 1 aromatic heterocycles. The van der Waals surface area contributed by atoms with Crippen LogP contribution in [0.3, 0.4) is 0 Å². The number of carbonyl (C=O) groups is 1. The van der Waals surface area contributed by atoms with Gasteiger partial charge in [-0.15, -0.1) is 0 Å². The van der Waals surface area contributed by atoms with Crippen molar-refractivity contribution in [2.45, 2.75) is 56.0 Å². The summed E-state index contributed by atoms with van der Waals surface area (Å²) in [5.74, 6) is 0.0489. The van der Waals surface area contributed by atoms with Crippen molar-refractivity contribution >= 4 is 56.2 Å². The first-order valence-corrected chi connectivity index (χ1v) is 21.4. The SMILES string of the molecule is FC(F)(F)c1cc([B-](c2cc(C(F)(F)F)cc(C(F)(F)F)c2)(c2cc(C(F)(F)F)cc(C(F)(F)F)c2)c2cc(C(F)(F)F)cc(C(F)(F)F)c2)cc(C(F)(F)F)c1.O=C(C[n+]1ccc2ccccc2c1Cl)c1ccccc1. The molecule has 0 aliphatic heterocycles. The second-order valence-electron chi connectivity index (χ2n) is 16.8. The Labute approximate surface area is 421 Å². The Kier molecular flexibility index (Phi) is 15.8. The van der Waals surface area contributed by atoms with Crippen molar-refractivity contribution in [3.8, 4) is 0 Å². The maximum atomic E-state index is 14.2.